The van der Waals surface area contributed by atoms with Crippen LogP contribution in [-0.4, -0.2) is 35.9 Å². The van der Waals surface area contributed by atoms with E-state index < -0.39 is 0 Å². The molecular weight excluding hydrogens is 322 g/mol. The fourth-order valence-electron chi connectivity index (χ4n) is 3.50. The number of hydrogen-bond donors (Lipinski definition) is 1. The van der Waals surface area contributed by atoms with E-state index in [2.05, 4.69) is 15.5 Å². The number of carbonyl (C=O) groups excluding carboxylic acids is 1. The van der Waals surface area contributed by atoms with Crippen molar-refractivity contribution < 1.29 is 18.8 Å². The van der Waals surface area contributed by atoms with Gasteiger partial charge in [0.05, 0.1) is 0 Å². The molecule has 2 aliphatic heterocycles. The summed E-state index contributed by atoms with van der Waals surface area (Å²) in [7, 11) is 0. The molecule has 0 spiro atoms. The molecule has 0 unspecified atom stereocenters. The smallest absolute Gasteiger partial charge is 0.249 e. The van der Waals surface area contributed by atoms with E-state index in [0.717, 1.165) is 24.2 Å². The summed E-state index contributed by atoms with van der Waals surface area (Å²) in [6.45, 7) is 3.49. The molecule has 25 heavy (non-hydrogen) atoms. The molecule has 7 nitrogen and oxygen atoms in total. The van der Waals surface area contributed by atoms with Crippen LogP contribution in [0.25, 0.3) is 0 Å². The third kappa shape index (κ3) is 3.24. The van der Waals surface area contributed by atoms with Gasteiger partial charge in [0.15, 0.2) is 5.82 Å². The molecule has 0 radical (unpaired) electrons. The lowest BCUT2D eigenvalue weighted by molar-refractivity contribution is -0.124. The predicted molar refractivity (Wildman–Crippen MR) is 88.1 cm³/mol. The lowest BCUT2D eigenvalue weighted by Gasteiger charge is -2.29. The maximum atomic E-state index is 12.9. The van der Waals surface area contributed by atoms with Crippen molar-refractivity contribution in [2.75, 3.05) is 19.8 Å². The number of hydrogen-bond acceptors (Lipinski definition) is 6. The van der Waals surface area contributed by atoms with Gasteiger partial charge in [0.1, 0.15) is 24.3 Å². The Kier molecular flexibility index (Phi) is 4.40. The average Bonchev–Trinajstić information content (AvgIpc) is 3.26. The largest absolute Gasteiger partial charge is 0.492 e. The van der Waals surface area contributed by atoms with Gasteiger partial charge in [0, 0.05) is 18.8 Å². The molecule has 7 heteroatoms. The first-order valence-electron chi connectivity index (χ1n) is 8.62. The molecule has 1 saturated heterocycles. The second-order valence-corrected chi connectivity index (χ2v) is 6.52. The molecule has 132 valence electrons. The molecule has 2 aromatic rings. The second kappa shape index (κ2) is 6.84. The third-order valence-corrected chi connectivity index (χ3v) is 4.86. The van der Waals surface area contributed by atoms with Crippen LogP contribution >= 0.6 is 0 Å². The molecule has 1 aromatic heterocycles. The predicted octanol–water partition coefficient (Wildman–Crippen LogP) is 2.14. The molecular formula is C18H21N3O4. The summed E-state index contributed by atoms with van der Waals surface area (Å²) in [5, 5.41) is 7.01. The van der Waals surface area contributed by atoms with Gasteiger partial charge < -0.3 is 19.3 Å². The van der Waals surface area contributed by atoms with Gasteiger partial charge in [-0.25, -0.2) is 0 Å². The number of ether oxygens (including phenoxy) is 2. The van der Waals surface area contributed by atoms with Crippen molar-refractivity contribution in [3.05, 3.63) is 41.5 Å². The van der Waals surface area contributed by atoms with Crippen LogP contribution in [0.15, 0.2) is 28.8 Å². The van der Waals surface area contributed by atoms with Crippen molar-refractivity contribution in [3.8, 4) is 5.75 Å². The highest BCUT2D eigenvalue weighted by atomic mass is 16.5. The molecule has 1 aromatic carbocycles. The summed E-state index contributed by atoms with van der Waals surface area (Å²) in [5.74, 6) is 1.63. The monoisotopic (exact) mass is 343 g/mol. The summed E-state index contributed by atoms with van der Waals surface area (Å²) in [6, 6.07) is 7.36. The zero-order valence-corrected chi connectivity index (χ0v) is 14.1. The van der Waals surface area contributed by atoms with Crippen LogP contribution in [0.5, 0.6) is 5.75 Å². The first kappa shape index (κ1) is 16.1. The Morgan fingerprint density at radius 3 is 2.84 bits per heavy atom. The Labute approximate surface area is 145 Å². The van der Waals surface area contributed by atoms with Crippen molar-refractivity contribution >= 4 is 5.91 Å². The number of benzene rings is 1. The molecule has 2 atom stereocenters. The van der Waals surface area contributed by atoms with Gasteiger partial charge in [-0.3, -0.25) is 4.79 Å². The third-order valence-electron chi connectivity index (χ3n) is 4.86. The van der Waals surface area contributed by atoms with Crippen molar-refractivity contribution in [2.45, 2.75) is 31.7 Å². The van der Waals surface area contributed by atoms with Crippen molar-refractivity contribution in [1.82, 2.24) is 15.5 Å². The molecule has 1 amide bonds. The lowest BCUT2D eigenvalue weighted by Crippen LogP contribution is -2.39. The number of aromatic nitrogens is 2. The highest BCUT2D eigenvalue weighted by Crippen LogP contribution is 2.35. The van der Waals surface area contributed by atoms with Crippen LogP contribution in [0.2, 0.25) is 0 Å². The summed E-state index contributed by atoms with van der Waals surface area (Å²) in [5.41, 5.74) is 0.924. The van der Waals surface area contributed by atoms with Crippen LogP contribution in [0.4, 0.5) is 0 Å². The molecule has 2 aliphatic rings. The Hall–Kier alpha value is -2.41. The van der Waals surface area contributed by atoms with E-state index in [-0.39, 0.29) is 23.8 Å². The Bertz CT molecular complexity index is 754. The maximum Gasteiger partial charge on any atom is 0.249 e. The standard InChI is InChI=1S/C18H21N3O4/c1-11-19-18(25-21-11)16(12-6-8-23-9-7-12)20-17(22)14-10-24-15-5-3-2-4-13(14)15/h2-5,12,14,16H,6-10H2,1H3,(H,20,22)/t14-,16-/m1/s1. The lowest BCUT2D eigenvalue weighted by atomic mass is 9.90. The van der Waals surface area contributed by atoms with Gasteiger partial charge in [-0.2, -0.15) is 4.98 Å². The maximum absolute atomic E-state index is 12.9. The summed E-state index contributed by atoms with van der Waals surface area (Å²) >= 11 is 0. The van der Waals surface area contributed by atoms with Crippen LogP contribution in [0.3, 0.4) is 0 Å². The summed E-state index contributed by atoms with van der Waals surface area (Å²) in [6.07, 6.45) is 1.70. The number of amides is 1. The van der Waals surface area contributed by atoms with Crippen LogP contribution in [-0.2, 0) is 9.53 Å². The van der Waals surface area contributed by atoms with E-state index in [4.69, 9.17) is 14.0 Å². The second-order valence-electron chi connectivity index (χ2n) is 6.52. The normalized spacial score (nSPS) is 21.4. The van der Waals surface area contributed by atoms with E-state index in [1.54, 1.807) is 6.92 Å². The first-order chi connectivity index (χ1) is 12.2. The van der Waals surface area contributed by atoms with E-state index in [0.29, 0.717) is 31.5 Å². The van der Waals surface area contributed by atoms with Crippen molar-refractivity contribution in [3.63, 3.8) is 0 Å². The van der Waals surface area contributed by atoms with E-state index >= 15 is 0 Å². The first-order valence-corrected chi connectivity index (χ1v) is 8.62. The number of fused-ring (bicyclic) bond motifs is 1. The van der Waals surface area contributed by atoms with Crippen LogP contribution < -0.4 is 10.1 Å². The highest BCUT2D eigenvalue weighted by molar-refractivity contribution is 5.85. The van der Waals surface area contributed by atoms with E-state index in [1.165, 1.54) is 0 Å². The van der Waals surface area contributed by atoms with Gasteiger partial charge in [-0.1, -0.05) is 23.4 Å². The van der Waals surface area contributed by atoms with E-state index in [9.17, 15) is 4.79 Å². The number of aryl methyl sites for hydroxylation is 1. The van der Waals surface area contributed by atoms with Crippen LogP contribution in [0, 0.1) is 12.8 Å². The molecule has 1 fully saturated rings. The quantitative estimate of drug-likeness (QED) is 0.915. The highest BCUT2D eigenvalue weighted by Gasteiger charge is 2.36. The Balaban J connectivity index is 1.55. The van der Waals surface area contributed by atoms with Gasteiger partial charge in [0.25, 0.3) is 0 Å². The average molecular weight is 343 g/mol. The zero-order chi connectivity index (χ0) is 17.2. The van der Waals surface area contributed by atoms with E-state index in [1.807, 2.05) is 24.3 Å². The summed E-state index contributed by atoms with van der Waals surface area (Å²) < 4.78 is 16.4. The Morgan fingerprint density at radius 1 is 1.28 bits per heavy atom. The molecule has 4 rings (SSSR count). The SMILES string of the molecule is Cc1noc([C@H](NC(=O)[C@@H]2COc3ccccc32)C2CCOCC2)n1. The number of carbonyl (C=O) groups is 1. The van der Waals surface area contributed by atoms with Crippen LogP contribution in [0.1, 0.15) is 42.1 Å². The zero-order valence-electron chi connectivity index (χ0n) is 14.1. The van der Waals surface area contributed by atoms with Gasteiger partial charge in [-0.05, 0) is 31.7 Å². The minimum absolute atomic E-state index is 0.0719. The Morgan fingerprint density at radius 2 is 2.08 bits per heavy atom. The molecule has 1 N–H and O–H groups in total. The van der Waals surface area contributed by atoms with Gasteiger partial charge >= 0.3 is 0 Å². The number of para-hydroxylation sites is 1. The number of nitrogens with zero attached hydrogens (tertiary/aromatic N) is 2. The van der Waals surface area contributed by atoms with Crippen molar-refractivity contribution in [1.29, 1.82) is 0 Å². The number of nitrogens with one attached hydrogen (secondary N) is 1. The minimum atomic E-state index is -0.317. The fraction of sp³-hybridized carbons (Fsp3) is 0.500. The topological polar surface area (TPSA) is 86.5 Å². The fourth-order valence-corrected chi connectivity index (χ4v) is 3.50. The van der Waals surface area contributed by atoms with Gasteiger partial charge in [-0.15, -0.1) is 0 Å². The summed E-state index contributed by atoms with van der Waals surface area (Å²) in [4.78, 5) is 17.3. The van der Waals surface area contributed by atoms with Gasteiger partial charge in [0.2, 0.25) is 11.8 Å². The molecule has 0 saturated carbocycles. The molecule has 3 heterocycles. The molecule has 0 bridgehead atoms. The minimum Gasteiger partial charge on any atom is -0.492 e. The number of rotatable bonds is 4. The molecule has 0 aliphatic carbocycles. The van der Waals surface area contributed by atoms with Crippen molar-refractivity contribution in [2.24, 2.45) is 5.92 Å².